The largest absolute Gasteiger partial charge is 0.373 e. The molecule has 25 heavy (non-hydrogen) atoms. The summed E-state index contributed by atoms with van der Waals surface area (Å²) in [5.74, 6) is 0. The molecule has 2 aliphatic rings. The third kappa shape index (κ3) is 3.80. The van der Waals surface area contributed by atoms with Crippen molar-refractivity contribution in [1.82, 2.24) is 14.5 Å². The Balaban J connectivity index is 1.60. The zero-order valence-electron chi connectivity index (χ0n) is 14.6. The Labute approximate surface area is 149 Å². The van der Waals surface area contributed by atoms with E-state index >= 15 is 0 Å². The van der Waals surface area contributed by atoms with Crippen LogP contribution in [0.4, 0.5) is 4.79 Å². The Bertz CT molecular complexity index is 713. The number of sulfonamides is 1. The van der Waals surface area contributed by atoms with Crippen LogP contribution in [0.25, 0.3) is 0 Å². The van der Waals surface area contributed by atoms with Crippen molar-refractivity contribution in [3.63, 3.8) is 0 Å². The van der Waals surface area contributed by atoms with Crippen LogP contribution in [0, 0.1) is 0 Å². The number of urea groups is 1. The first kappa shape index (κ1) is 18.2. The molecule has 138 valence electrons. The average Bonchev–Trinajstić information content (AvgIpc) is 2.98. The molecule has 0 radical (unpaired) electrons. The monoisotopic (exact) mass is 367 g/mol. The Morgan fingerprint density at radius 2 is 1.88 bits per heavy atom. The molecule has 1 aromatic rings. The number of piperidine rings is 1. The molecule has 1 N–H and O–H groups in total. The quantitative estimate of drug-likeness (QED) is 0.873. The summed E-state index contributed by atoms with van der Waals surface area (Å²) in [7, 11) is -0.0462. The maximum Gasteiger partial charge on any atom is 0.317 e. The summed E-state index contributed by atoms with van der Waals surface area (Å²) in [4.78, 5) is 13.6. The number of hydrogen-bond donors (Lipinski definition) is 1. The van der Waals surface area contributed by atoms with Crippen molar-refractivity contribution < 1.29 is 17.9 Å². The Hall–Kier alpha value is -1.64. The maximum atomic E-state index is 12.7. The SMILES string of the molecule is CN(C)C(=O)NC1COC2(CCN(S(=O)(=O)c3ccccc3)CC2)C1. The van der Waals surface area contributed by atoms with Crippen LogP contribution < -0.4 is 5.32 Å². The predicted molar refractivity (Wildman–Crippen MR) is 93.7 cm³/mol. The van der Waals surface area contributed by atoms with E-state index in [0.717, 1.165) is 6.42 Å². The normalized spacial score (nSPS) is 23.5. The number of hydrogen-bond acceptors (Lipinski definition) is 4. The van der Waals surface area contributed by atoms with Gasteiger partial charge in [-0.1, -0.05) is 18.2 Å². The molecule has 1 aromatic carbocycles. The van der Waals surface area contributed by atoms with Gasteiger partial charge in [0.2, 0.25) is 10.0 Å². The third-order valence-electron chi connectivity index (χ3n) is 4.96. The van der Waals surface area contributed by atoms with Crippen LogP contribution in [0.3, 0.4) is 0 Å². The number of nitrogens with zero attached hydrogens (tertiary/aromatic N) is 2. The van der Waals surface area contributed by atoms with Crippen LogP contribution in [0.5, 0.6) is 0 Å². The zero-order chi connectivity index (χ0) is 18.1. The van der Waals surface area contributed by atoms with E-state index in [9.17, 15) is 13.2 Å². The number of carbonyl (C=O) groups is 1. The molecule has 2 fully saturated rings. The van der Waals surface area contributed by atoms with E-state index in [0.29, 0.717) is 37.4 Å². The molecule has 0 aliphatic carbocycles. The molecule has 1 spiro atoms. The van der Waals surface area contributed by atoms with Crippen LogP contribution in [-0.2, 0) is 14.8 Å². The van der Waals surface area contributed by atoms with Gasteiger partial charge in [-0.05, 0) is 31.4 Å². The lowest BCUT2D eigenvalue weighted by atomic mass is 9.88. The molecule has 8 heteroatoms. The van der Waals surface area contributed by atoms with Crippen LogP contribution in [0.15, 0.2) is 35.2 Å². The topological polar surface area (TPSA) is 79.0 Å². The highest BCUT2D eigenvalue weighted by Gasteiger charge is 2.45. The number of rotatable bonds is 3. The summed E-state index contributed by atoms with van der Waals surface area (Å²) in [5, 5.41) is 2.95. The van der Waals surface area contributed by atoms with Gasteiger partial charge in [-0.15, -0.1) is 0 Å². The van der Waals surface area contributed by atoms with Crippen LogP contribution >= 0.6 is 0 Å². The first-order valence-electron chi connectivity index (χ1n) is 8.49. The van der Waals surface area contributed by atoms with Crippen LogP contribution in [0.1, 0.15) is 19.3 Å². The van der Waals surface area contributed by atoms with Crippen LogP contribution in [0.2, 0.25) is 0 Å². The summed E-state index contributed by atoms with van der Waals surface area (Å²) in [6.45, 7) is 1.35. The number of amides is 2. The second kappa shape index (κ2) is 6.93. The molecule has 3 rings (SSSR count). The minimum absolute atomic E-state index is 0.0211. The van der Waals surface area contributed by atoms with Gasteiger partial charge in [0.1, 0.15) is 0 Å². The lowest BCUT2D eigenvalue weighted by Gasteiger charge is -2.38. The highest BCUT2D eigenvalue weighted by atomic mass is 32.2. The van der Waals surface area contributed by atoms with Gasteiger partial charge in [-0.25, -0.2) is 13.2 Å². The van der Waals surface area contributed by atoms with Crippen molar-refractivity contribution in [3.05, 3.63) is 30.3 Å². The number of carbonyl (C=O) groups excluding carboxylic acids is 1. The standard InChI is InChI=1S/C17H25N3O4S/c1-19(2)16(21)18-14-12-17(24-13-14)8-10-20(11-9-17)25(22,23)15-6-4-3-5-7-15/h3-7,14H,8-13H2,1-2H3,(H,18,21). The summed E-state index contributed by atoms with van der Waals surface area (Å²) >= 11 is 0. The van der Waals surface area contributed by atoms with Crippen LogP contribution in [-0.4, -0.2) is 69.1 Å². The summed E-state index contributed by atoms with van der Waals surface area (Å²) < 4.78 is 32.9. The first-order valence-corrected chi connectivity index (χ1v) is 9.93. The minimum Gasteiger partial charge on any atom is -0.373 e. The average molecular weight is 367 g/mol. The van der Waals surface area contributed by atoms with Gasteiger partial charge in [0.05, 0.1) is 23.1 Å². The van der Waals surface area contributed by atoms with Crippen molar-refractivity contribution in [2.24, 2.45) is 0 Å². The highest BCUT2D eigenvalue weighted by Crippen LogP contribution is 2.37. The van der Waals surface area contributed by atoms with Gasteiger partial charge in [-0.3, -0.25) is 0 Å². The molecular formula is C17H25N3O4S. The summed E-state index contributed by atoms with van der Waals surface area (Å²) in [5.41, 5.74) is -0.326. The van der Waals surface area contributed by atoms with Gasteiger partial charge < -0.3 is 15.0 Å². The van der Waals surface area contributed by atoms with E-state index in [2.05, 4.69) is 5.32 Å². The van der Waals surface area contributed by atoms with Gasteiger partial charge >= 0.3 is 6.03 Å². The Morgan fingerprint density at radius 1 is 1.24 bits per heavy atom. The minimum atomic E-state index is -3.45. The zero-order valence-corrected chi connectivity index (χ0v) is 15.5. The fraction of sp³-hybridized carbons (Fsp3) is 0.588. The Morgan fingerprint density at radius 3 is 2.48 bits per heavy atom. The number of benzene rings is 1. The molecule has 7 nitrogen and oxygen atoms in total. The number of nitrogens with one attached hydrogen (secondary N) is 1. The van der Waals surface area contributed by atoms with E-state index in [-0.39, 0.29) is 17.7 Å². The molecule has 1 unspecified atom stereocenters. The van der Waals surface area contributed by atoms with Crippen molar-refractivity contribution >= 4 is 16.1 Å². The molecule has 0 aromatic heterocycles. The maximum absolute atomic E-state index is 12.7. The van der Waals surface area contributed by atoms with Crippen molar-refractivity contribution in [2.45, 2.75) is 35.8 Å². The van der Waals surface area contributed by atoms with Crippen molar-refractivity contribution in [1.29, 1.82) is 0 Å². The van der Waals surface area contributed by atoms with E-state index in [1.54, 1.807) is 44.4 Å². The lowest BCUT2D eigenvalue weighted by molar-refractivity contribution is -0.0311. The van der Waals surface area contributed by atoms with Crippen molar-refractivity contribution in [2.75, 3.05) is 33.8 Å². The van der Waals surface area contributed by atoms with Crippen molar-refractivity contribution in [3.8, 4) is 0 Å². The highest BCUT2D eigenvalue weighted by molar-refractivity contribution is 7.89. The molecule has 0 saturated carbocycles. The summed E-state index contributed by atoms with van der Waals surface area (Å²) in [6.07, 6.45) is 2.02. The van der Waals surface area contributed by atoms with E-state index < -0.39 is 10.0 Å². The molecular weight excluding hydrogens is 342 g/mol. The Kier molecular flexibility index (Phi) is 5.04. The van der Waals surface area contributed by atoms with E-state index in [1.807, 2.05) is 0 Å². The van der Waals surface area contributed by atoms with E-state index in [1.165, 1.54) is 9.21 Å². The second-order valence-corrected chi connectivity index (χ2v) is 8.89. The summed E-state index contributed by atoms with van der Waals surface area (Å²) in [6, 6.07) is 8.37. The van der Waals surface area contributed by atoms with Gasteiger partial charge in [0.15, 0.2) is 0 Å². The van der Waals surface area contributed by atoms with Gasteiger partial charge in [-0.2, -0.15) is 4.31 Å². The van der Waals surface area contributed by atoms with E-state index in [4.69, 9.17) is 4.74 Å². The fourth-order valence-corrected chi connectivity index (χ4v) is 4.93. The predicted octanol–water partition coefficient (Wildman–Crippen LogP) is 1.27. The molecule has 2 saturated heterocycles. The molecule has 2 heterocycles. The molecule has 1 atom stereocenters. The fourth-order valence-electron chi connectivity index (χ4n) is 3.46. The lowest BCUT2D eigenvalue weighted by Crippen LogP contribution is -2.47. The van der Waals surface area contributed by atoms with Gasteiger partial charge in [0, 0.05) is 27.2 Å². The first-order chi connectivity index (χ1) is 11.8. The third-order valence-corrected chi connectivity index (χ3v) is 6.87. The molecule has 2 aliphatic heterocycles. The van der Waals surface area contributed by atoms with Gasteiger partial charge in [0.25, 0.3) is 0 Å². The number of ether oxygens (including phenoxy) is 1. The second-order valence-electron chi connectivity index (χ2n) is 6.96. The molecule has 0 bridgehead atoms. The molecule has 2 amide bonds. The smallest absolute Gasteiger partial charge is 0.317 e.